The van der Waals surface area contributed by atoms with Crippen molar-refractivity contribution in [3.05, 3.63) is 59.9 Å². The number of rotatable bonds is 11. The number of aliphatic carboxylic acids is 1. The summed E-state index contributed by atoms with van der Waals surface area (Å²) in [6.45, 7) is 4.37. The number of ether oxygens (including phenoxy) is 1. The Labute approximate surface area is 159 Å². The minimum Gasteiger partial charge on any atom is -0.489 e. The molecule has 1 heterocycles. The maximum absolute atomic E-state index is 11.4. The van der Waals surface area contributed by atoms with Gasteiger partial charge in [-0.05, 0) is 54.2 Å². The summed E-state index contributed by atoms with van der Waals surface area (Å²) in [4.78, 5) is 26.7. The van der Waals surface area contributed by atoms with Crippen LogP contribution in [0.5, 0.6) is 5.75 Å². The third kappa shape index (κ3) is 7.19. The summed E-state index contributed by atoms with van der Waals surface area (Å²) in [6.07, 6.45) is 5.11. The van der Waals surface area contributed by atoms with Crippen LogP contribution in [0.1, 0.15) is 31.4 Å². The molecule has 1 aromatic heterocycles. The number of carboxylic acid groups (broad SMARTS) is 1. The fourth-order valence-electron chi connectivity index (χ4n) is 2.74. The van der Waals surface area contributed by atoms with Crippen LogP contribution >= 0.6 is 0 Å². The molecular formula is C21H26N2O4. The molecule has 2 aromatic rings. The molecule has 0 amide bonds. The first-order valence-electron chi connectivity index (χ1n) is 9.02. The molecule has 0 saturated heterocycles. The van der Waals surface area contributed by atoms with E-state index >= 15 is 0 Å². The van der Waals surface area contributed by atoms with Crippen molar-refractivity contribution in [1.82, 2.24) is 10.3 Å². The minimum atomic E-state index is -0.935. The van der Waals surface area contributed by atoms with E-state index in [4.69, 9.17) is 4.74 Å². The van der Waals surface area contributed by atoms with Crippen LogP contribution in [0.25, 0.3) is 0 Å². The van der Waals surface area contributed by atoms with Crippen LogP contribution in [0.4, 0.5) is 0 Å². The van der Waals surface area contributed by atoms with Crippen LogP contribution in [0, 0.1) is 5.92 Å². The Balaban J connectivity index is 1.91. The first kappa shape index (κ1) is 20.6. The van der Waals surface area contributed by atoms with Gasteiger partial charge in [-0.2, -0.15) is 0 Å². The highest BCUT2D eigenvalue weighted by Gasteiger charge is 2.22. The highest BCUT2D eigenvalue weighted by atomic mass is 16.5. The van der Waals surface area contributed by atoms with E-state index in [2.05, 4.69) is 10.3 Å². The fraction of sp³-hybridized carbons (Fsp3) is 0.381. The summed E-state index contributed by atoms with van der Waals surface area (Å²) >= 11 is 0. The second kappa shape index (κ2) is 10.4. The predicted octanol–water partition coefficient (Wildman–Crippen LogP) is 2.86. The smallest absolute Gasteiger partial charge is 0.320 e. The lowest BCUT2D eigenvalue weighted by Gasteiger charge is -2.21. The number of nitrogens with zero attached hydrogens (tertiary/aromatic N) is 1. The van der Waals surface area contributed by atoms with Gasteiger partial charge in [0.15, 0.2) is 0 Å². The number of hydrogen-bond acceptors (Lipinski definition) is 5. The fourth-order valence-corrected chi connectivity index (χ4v) is 2.74. The van der Waals surface area contributed by atoms with E-state index in [0.29, 0.717) is 19.4 Å². The zero-order valence-corrected chi connectivity index (χ0v) is 15.7. The van der Waals surface area contributed by atoms with Gasteiger partial charge >= 0.3 is 5.97 Å². The molecule has 6 heteroatoms. The zero-order chi connectivity index (χ0) is 19.6. The van der Waals surface area contributed by atoms with Gasteiger partial charge in [-0.3, -0.25) is 15.1 Å². The minimum absolute atomic E-state index is 0.225. The molecule has 27 heavy (non-hydrogen) atoms. The highest BCUT2D eigenvalue weighted by molar-refractivity contribution is 5.74. The van der Waals surface area contributed by atoms with Gasteiger partial charge in [0.05, 0.1) is 6.04 Å². The Bertz CT molecular complexity index is 717. The topological polar surface area (TPSA) is 88.5 Å². The molecule has 0 aliphatic heterocycles. The average Bonchev–Trinajstić information content (AvgIpc) is 2.66. The number of carboxylic acids is 1. The maximum Gasteiger partial charge on any atom is 0.320 e. The number of aromatic nitrogens is 1. The van der Waals surface area contributed by atoms with Gasteiger partial charge in [0.25, 0.3) is 0 Å². The molecule has 1 aromatic carbocycles. The monoisotopic (exact) mass is 370 g/mol. The lowest BCUT2D eigenvalue weighted by molar-refractivity contribution is -0.140. The van der Waals surface area contributed by atoms with Crippen molar-refractivity contribution in [2.45, 2.75) is 45.4 Å². The van der Waals surface area contributed by atoms with E-state index in [9.17, 15) is 14.7 Å². The Hall–Kier alpha value is -2.73. The van der Waals surface area contributed by atoms with Crippen molar-refractivity contribution in [2.24, 2.45) is 5.92 Å². The zero-order valence-electron chi connectivity index (χ0n) is 15.7. The second-order valence-corrected chi connectivity index (χ2v) is 6.92. The molecule has 144 valence electrons. The number of carbonyl (C=O) groups is 2. The Morgan fingerprint density at radius 1 is 1.15 bits per heavy atom. The molecule has 2 atom stereocenters. The highest BCUT2D eigenvalue weighted by Crippen LogP contribution is 2.15. The third-order valence-corrected chi connectivity index (χ3v) is 4.12. The Kier molecular flexibility index (Phi) is 7.95. The molecule has 2 N–H and O–H groups in total. The quantitative estimate of drug-likeness (QED) is 0.591. The molecule has 0 bridgehead atoms. The second-order valence-electron chi connectivity index (χ2n) is 6.92. The van der Waals surface area contributed by atoms with Gasteiger partial charge in [0.2, 0.25) is 0 Å². The molecule has 0 radical (unpaired) electrons. The van der Waals surface area contributed by atoms with E-state index in [0.717, 1.165) is 23.2 Å². The number of pyridine rings is 1. The third-order valence-electron chi connectivity index (χ3n) is 4.12. The Morgan fingerprint density at radius 3 is 2.37 bits per heavy atom. The SMILES string of the molecule is CC(C)C[C@H](N[C@H](C=O)Cc1ccc(OCc2ccncc2)cc1)C(=O)O. The first-order valence-corrected chi connectivity index (χ1v) is 9.02. The van der Waals surface area contributed by atoms with E-state index in [-0.39, 0.29) is 5.92 Å². The number of nitrogens with one attached hydrogen (secondary N) is 1. The standard InChI is InChI=1S/C21H26N2O4/c1-15(2)11-20(21(25)26)23-18(13-24)12-16-3-5-19(6-4-16)27-14-17-7-9-22-10-8-17/h3-10,13,15,18,20,23H,11-12,14H2,1-2H3,(H,25,26)/t18-,20-/m0/s1. The van der Waals surface area contributed by atoms with Gasteiger partial charge in [-0.15, -0.1) is 0 Å². The van der Waals surface area contributed by atoms with Crippen LogP contribution in [-0.2, 0) is 22.6 Å². The number of benzene rings is 1. The molecule has 0 aliphatic carbocycles. The lowest BCUT2D eigenvalue weighted by Crippen LogP contribution is -2.45. The normalized spacial score (nSPS) is 13.1. The van der Waals surface area contributed by atoms with Gasteiger partial charge < -0.3 is 14.6 Å². The molecule has 0 fully saturated rings. The molecule has 0 spiro atoms. The predicted molar refractivity (Wildman–Crippen MR) is 103 cm³/mol. The first-order chi connectivity index (χ1) is 13.0. The maximum atomic E-state index is 11.4. The number of aldehydes is 1. The molecule has 0 aliphatic rings. The molecule has 0 unspecified atom stereocenters. The van der Waals surface area contributed by atoms with Crippen LogP contribution < -0.4 is 10.1 Å². The summed E-state index contributed by atoms with van der Waals surface area (Å²) in [7, 11) is 0. The number of carbonyl (C=O) groups excluding carboxylic acids is 1. The lowest BCUT2D eigenvalue weighted by atomic mass is 10.0. The van der Waals surface area contributed by atoms with Crippen molar-refractivity contribution >= 4 is 12.3 Å². The van der Waals surface area contributed by atoms with E-state index in [1.807, 2.05) is 50.2 Å². The number of hydrogen-bond donors (Lipinski definition) is 2. The van der Waals surface area contributed by atoms with Crippen LogP contribution in [0.15, 0.2) is 48.8 Å². The van der Waals surface area contributed by atoms with Crippen LogP contribution in [0.3, 0.4) is 0 Å². The van der Waals surface area contributed by atoms with Gasteiger partial charge in [-0.1, -0.05) is 26.0 Å². The van der Waals surface area contributed by atoms with Gasteiger partial charge in [0, 0.05) is 12.4 Å². The van der Waals surface area contributed by atoms with Crippen molar-refractivity contribution in [3.63, 3.8) is 0 Å². The summed E-state index contributed by atoms with van der Waals surface area (Å²) in [6, 6.07) is 9.98. The van der Waals surface area contributed by atoms with Crippen molar-refractivity contribution < 1.29 is 19.4 Å². The van der Waals surface area contributed by atoms with Crippen molar-refractivity contribution in [2.75, 3.05) is 0 Å². The Morgan fingerprint density at radius 2 is 1.81 bits per heavy atom. The largest absolute Gasteiger partial charge is 0.489 e. The molecule has 0 saturated carbocycles. The molecule has 6 nitrogen and oxygen atoms in total. The van der Waals surface area contributed by atoms with Crippen molar-refractivity contribution in [3.8, 4) is 5.75 Å². The molecular weight excluding hydrogens is 344 g/mol. The van der Waals surface area contributed by atoms with Gasteiger partial charge in [0.1, 0.15) is 24.7 Å². The van der Waals surface area contributed by atoms with E-state index < -0.39 is 18.1 Å². The summed E-state index contributed by atoms with van der Waals surface area (Å²) < 4.78 is 5.73. The van der Waals surface area contributed by atoms with Crippen molar-refractivity contribution in [1.29, 1.82) is 0 Å². The van der Waals surface area contributed by atoms with E-state index in [1.165, 1.54) is 0 Å². The van der Waals surface area contributed by atoms with Crippen LogP contribution in [-0.4, -0.2) is 34.4 Å². The molecule has 2 rings (SSSR count). The summed E-state index contributed by atoms with van der Waals surface area (Å²) in [5.74, 6) is 0.0209. The van der Waals surface area contributed by atoms with Crippen LogP contribution in [0.2, 0.25) is 0 Å². The average molecular weight is 370 g/mol. The summed E-state index contributed by atoms with van der Waals surface area (Å²) in [5, 5.41) is 12.3. The van der Waals surface area contributed by atoms with E-state index in [1.54, 1.807) is 12.4 Å². The summed E-state index contributed by atoms with van der Waals surface area (Å²) in [5.41, 5.74) is 1.97. The van der Waals surface area contributed by atoms with Gasteiger partial charge in [-0.25, -0.2) is 0 Å².